The zero-order chi connectivity index (χ0) is 11.0. The van der Waals surface area contributed by atoms with Gasteiger partial charge >= 0.3 is 0 Å². The van der Waals surface area contributed by atoms with E-state index in [9.17, 15) is 4.79 Å². The monoisotopic (exact) mass is 201 g/mol. The van der Waals surface area contributed by atoms with E-state index in [0.717, 1.165) is 19.3 Å². The van der Waals surface area contributed by atoms with Gasteiger partial charge in [-0.05, 0) is 32.7 Å². The highest BCUT2D eigenvalue weighted by molar-refractivity contribution is 5.82. The fraction of sp³-hybridized carbons (Fsp3) is 0.900. The second-order valence-corrected chi connectivity index (χ2v) is 3.87. The highest BCUT2D eigenvalue weighted by Crippen LogP contribution is 2.18. The van der Waals surface area contributed by atoms with Crippen LogP contribution in [-0.4, -0.2) is 25.5 Å². The molecule has 0 aliphatic heterocycles. The summed E-state index contributed by atoms with van der Waals surface area (Å²) in [5.74, 6) is 0.0551. The highest BCUT2D eigenvalue weighted by atomic mass is 16.2. The Morgan fingerprint density at radius 2 is 2.00 bits per heavy atom. The molecule has 0 saturated heterocycles. The van der Waals surface area contributed by atoms with Crippen molar-refractivity contribution < 1.29 is 4.79 Å². The lowest BCUT2D eigenvalue weighted by atomic mass is 9.86. The van der Waals surface area contributed by atoms with Gasteiger partial charge in [0, 0.05) is 13.1 Å². The summed E-state index contributed by atoms with van der Waals surface area (Å²) in [6, 6.07) is 0. The first kappa shape index (κ1) is 13.4. The number of nitrogens with one attached hydrogen (secondary N) is 1. The Hall–Kier alpha value is -0.610. The normalized spacial score (nSPS) is 14.9. The lowest BCUT2D eigenvalue weighted by Gasteiger charge is -2.24. The molecule has 0 rings (SSSR count). The van der Waals surface area contributed by atoms with Crippen LogP contribution in [0.25, 0.3) is 0 Å². The van der Waals surface area contributed by atoms with Gasteiger partial charge in [-0.3, -0.25) is 4.79 Å². The van der Waals surface area contributed by atoms with Crippen molar-refractivity contribution in [3.63, 3.8) is 0 Å². The van der Waals surface area contributed by atoms with Crippen molar-refractivity contribution in [2.24, 2.45) is 16.9 Å². The van der Waals surface area contributed by atoms with E-state index in [4.69, 9.17) is 11.5 Å². The molecule has 0 heterocycles. The highest BCUT2D eigenvalue weighted by Gasteiger charge is 2.28. The van der Waals surface area contributed by atoms with Gasteiger partial charge in [-0.1, -0.05) is 6.92 Å². The summed E-state index contributed by atoms with van der Waals surface area (Å²) in [6.45, 7) is 5.65. The smallest absolute Gasteiger partial charge is 0.227 e. The number of nitrogens with two attached hydrogens (primary N) is 2. The van der Waals surface area contributed by atoms with Crippen LogP contribution in [-0.2, 0) is 4.79 Å². The fourth-order valence-electron chi connectivity index (χ4n) is 1.08. The molecule has 1 unspecified atom stereocenters. The number of carbonyl (C=O) groups excluding carboxylic acids is 1. The molecular formula is C10H23N3O. The van der Waals surface area contributed by atoms with Crippen molar-refractivity contribution in [1.29, 1.82) is 0 Å². The molecular weight excluding hydrogens is 178 g/mol. The van der Waals surface area contributed by atoms with Crippen LogP contribution >= 0.6 is 0 Å². The van der Waals surface area contributed by atoms with Gasteiger partial charge in [0.2, 0.25) is 5.91 Å². The molecule has 84 valence electrons. The fourth-order valence-corrected chi connectivity index (χ4v) is 1.08. The van der Waals surface area contributed by atoms with Gasteiger partial charge in [-0.2, -0.15) is 0 Å². The topological polar surface area (TPSA) is 81.1 Å². The largest absolute Gasteiger partial charge is 0.356 e. The Labute approximate surface area is 86.4 Å². The summed E-state index contributed by atoms with van der Waals surface area (Å²) in [6.07, 6.45) is 2.66. The first-order valence-electron chi connectivity index (χ1n) is 5.29. The Morgan fingerprint density at radius 3 is 2.43 bits per heavy atom. The molecule has 14 heavy (non-hydrogen) atoms. The molecule has 0 fully saturated rings. The van der Waals surface area contributed by atoms with Crippen LogP contribution in [0.2, 0.25) is 0 Å². The minimum absolute atomic E-state index is 0.0551. The average Bonchev–Trinajstić information content (AvgIpc) is 2.22. The lowest BCUT2D eigenvalue weighted by molar-refractivity contribution is -0.129. The second-order valence-electron chi connectivity index (χ2n) is 3.87. The predicted molar refractivity (Wildman–Crippen MR) is 58.8 cm³/mol. The Balaban J connectivity index is 3.82. The van der Waals surface area contributed by atoms with Crippen molar-refractivity contribution in [2.45, 2.75) is 33.1 Å². The summed E-state index contributed by atoms with van der Waals surface area (Å²) < 4.78 is 0. The summed E-state index contributed by atoms with van der Waals surface area (Å²) in [7, 11) is 0. The molecule has 1 atom stereocenters. The molecule has 0 aliphatic carbocycles. The zero-order valence-corrected chi connectivity index (χ0v) is 9.31. The molecule has 0 saturated carbocycles. The van der Waals surface area contributed by atoms with Crippen molar-refractivity contribution >= 4 is 5.91 Å². The number of amides is 1. The lowest BCUT2D eigenvalue weighted by Crippen LogP contribution is -2.43. The summed E-state index contributed by atoms with van der Waals surface area (Å²) in [4.78, 5) is 11.7. The van der Waals surface area contributed by atoms with E-state index in [1.165, 1.54) is 0 Å². The molecule has 5 N–H and O–H groups in total. The van der Waals surface area contributed by atoms with E-state index in [0.29, 0.717) is 19.6 Å². The van der Waals surface area contributed by atoms with Crippen LogP contribution in [0.15, 0.2) is 0 Å². The quantitative estimate of drug-likeness (QED) is 0.515. The summed E-state index contributed by atoms with van der Waals surface area (Å²) in [5.41, 5.74) is 10.5. The maximum atomic E-state index is 11.7. The second kappa shape index (κ2) is 6.79. The molecule has 0 aromatic heterocycles. The van der Waals surface area contributed by atoms with E-state index in [-0.39, 0.29) is 5.91 Å². The predicted octanol–water partition coefficient (Wildman–Crippen LogP) is 0.217. The summed E-state index contributed by atoms with van der Waals surface area (Å²) >= 11 is 0. The Morgan fingerprint density at radius 1 is 1.36 bits per heavy atom. The average molecular weight is 201 g/mol. The van der Waals surface area contributed by atoms with Crippen LogP contribution in [0.4, 0.5) is 0 Å². The van der Waals surface area contributed by atoms with Crippen LogP contribution < -0.4 is 16.8 Å². The third kappa shape index (κ3) is 4.07. The van der Waals surface area contributed by atoms with E-state index in [1.807, 2.05) is 13.8 Å². The van der Waals surface area contributed by atoms with Gasteiger partial charge < -0.3 is 16.8 Å². The van der Waals surface area contributed by atoms with Crippen molar-refractivity contribution in [1.82, 2.24) is 5.32 Å². The first-order chi connectivity index (χ1) is 6.60. The molecule has 1 amide bonds. The standard InChI is InChI=1S/C10H23N3O/c1-3-10(2,8-12)9(14)13-7-5-4-6-11/h3-8,11-12H2,1-2H3,(H,13,14). The van der Waals surface area contributed by atoms with E-state index < -0.39 is 5.41 Å². The molecule has 0 spiro atoms. The number of unbranched alkanes of at least 4 members (excludes halogenated alkanes) is 1. The third-order valence-electron chi connectivity index (χ3n) is 2.70. The van der Waals surface area contributed by atoms with Crippen LogP contribution in [0, 0.1) is 5.41 Å². The van der Waals surface area contributed by atoms with E-state index >= 15 is 0 Å². The third-order valence-corrected chi connectivity index (χ3v) is 2.70. The molecule has 4 heteroatoms. The minimum Gasteiger partial charge on any atom is -0.356 e. The van der Waals surface area contributed by atoms with Gasteiger partial charge in [0.15, 0.2) is 0 Å². The van der Waals surface area contributed by atoms with Crippen molar-refractivity contribution in [3.8, 4) is 0 Å². The van der Waals surface area contributed by atoms with Crippen LogP contribution in [0.3, 0.4) is 0 Å². The zero-order valence-electron chi connectivity index (χ0n) is 9.31. The van der Waals surface area contributed by atoms with Crippen molar-refractivity contribution in [2.75, 3.05) is 19.6 Å². The molecule has 0 aliphatic rings. The first-order valence-corrected chi connectivity index (χ1v) is 5.29. The van der Waals surface area contributed by atoms with Crippen LogP contribution in [0.5, 0.6) is 0 Å². The van der Waals surface area contributed by atoms with E-state index in [1.54, 1.807) is 0 Å². The number of rotatable bonds is 7. The minimum atomic E-state index is -0.414. The van der Waals surface area contributed by atoms with Gasteiger partial charge in [0.05, 0.1) is 5.41 Å². The molecule has 0 aromatic rings. The van der Waals surface area contributed by atoms with Gasteiger partial charge in [-0.15, -0.1) is 0 Å². The maximum Gasteiger partial charge on any atom is 0.227 e. The molecule has 4 nitrogen and oxygen atoms in total. The van der Waals surface area contributed by atoms with Gasteiger partial charge in [0.25, 0.3) is 0 Å². The number of carbonyl (C=O) groups is 1. The summed E-state index contributed by atoms with van der Waals surface area (Å²) in [5, 5.41) is 2.89. The van der Waals surface area contributed by atoms with Crippen molar-refractivity contribution in [3.05, 3.63) is 0 Å². The number of hydrogen-bond acceptors (Lipinski definition) is 3. The van der Waals surface area contributed by atoms with E-state index in [2.05, 4.69) is 5.32 Å². The Kier molecular flexibility index (Phi) is 6.49. The molecule has 0 bridgehead atoms. The number of hydrogen-bond donors (Lipinski definition) is 3. The molecule has 0 radical (unpaired) electrons. The van der Waals surface area contributed by atoms with Gasteiger partial charge in [0.1, 0.15) is 0 Å². The Bertz CT molecular complexity index is 167. The van der Waals surface area contributed by atoms with Gasteiger partial charge in [-0.25, -0.2) is 0 Å². The molecule has 0 aromatic carbocycles. The van der Waals surface area contributed by atoms with Crippen LogP contribution in [0.1, 0.15) is 33.1 Å². The SMILES string of the molecule is CCC(C)(CN)C(=O)NCCCCN. The maximum absolute atomic E-state index is 11.7.